The van der Waals surface area contributed by atoms with E-state index in [1.165, 1.54) is 176 Å². The van der Waals surface area contributed by atoms with Crippen LogP contribution >= 0.6 is 0 Å². The molecule has 0 aromatic heterocycles. The SMILES string of the molecule is CC1(C)c2cc(-c3ccc(-c4ccc(-c5ccc6c(c5)C(C)(C)c5cc7c8ccccc8c8ccccc8c7cc5-6)cc4)cc3)ccc2-c2ccc(-c3ccc4c(c3)C(C)(C)c3cc5c6ccccc6c6ccccc6c5cc3-4)cc21. The van der Waals surface area contributed by atoms with Crippen molar-refractivity contribution in [1.82, 2.24) is 0 Å². The molecule has 0 bridgehead atoms. The van der Waals surface area contributed by atoms with Gasteiger partial charge in [0.15, 0.2) is 0 Å². The van der Waals surface area contributed by atoms with Gasteiger partial charge in [0.05, 0.1) is 0 Å². The summed E-state index contributed by atoms with van der Waals surface area (Å²) < 4.78 is 0. The Morgan fingerprint density at radius 2 is 0.346 bits per heavy atom. The molecule has 382 valence electrons. The van der Waals surface area contributed by atoms with Crippen molar-refractivity contribution >= 4 is 64.6 Å². The minimum Gasteiger partial charge on any atom is -0.0616 e. The molecular weight excluding hydrogens is 973 g/mol. The van der Waals surface area contributed by atoms with E-state index in [9.17, 15) is 0 Å². The Labute approximate surface area is 473 Å². The fraction of sp³-hybridized carbons (Fsp3) is 0.111. The summed E-state index contributed by atoms with van der Waals surface area (Å²) >= 11 is 0. The van der Waals surface area contributed by atoms with Crippen LogP contribution in [0.4, 0.5) is 0 Å². The van der Waals surface area contributed by atoms with E-state index in [2.05, 4.69) is 284 Å². The predicted octanol–water partition coefficient (Wildman–Crippen LogP) is 22.2. The minimum atomic E-state index is -0.159. The number of hydrogen-bond acceptors (Lipinski definition) is 0. The third-order valence-electron chi connectivity index (χ3n) is 19.9. The Kier molecular flexibility index (Phi) is 9.41. The van der Waals surface area contributed by atoms with E-state index in [1.807, 2.05) is 0 Å². The lowest BCUT2D eigenvalue weighted by molar-refractivity contribution is 0.660. The topological polar surface area (TPSA) is 0 Å². The van der Waals surface area contributed by atoms with Gasteiger partial charge in [-0.3, -0.25) is 0 Å². The molecule has 0 heteroatoms. The second-order valence-electron chi connectivity index (χ2n) is 25.1. The van der Waals surface area contributed by atoms with Crippen LogP contribution in [-0.2, 0) is 16.2 Å². The zero-order chi connectivity index (χ0) is 54.3. The van der Waals surface area contributed by atoms with Crippen LogP contribution in [0, 0.1) is 0 Å². The van der Waals surface area contributed by atoms with Gasteiger partial charge < -0.3 is 0 Å². The lowest BCUT2D eigenvalue weighted by Crippen LogP contribution is -2.15. The summed E-state index contributed by atoms with van der Waals surface area (Å²) in [4.78, 5) is 0. The Hall–Kier alpha value is -9.36. The summed E-state index contributed by atoms with van der Waals surface area (Å²) in [5, 5.41) is 15.9. The highest BCUT2D eigenvalue weighted by atomic mass is 14.4. The van der Waals surface area contributed by atoms with Crippen molar-refractivity contribution in [2.75, 3.05) is 0 Å². The first-order valence-electron chi connectivity index (χ1n) is 29.0. The van der Waals surface area contributed by atoms with Crippen LogP contribution in [-0.4, -0.2) is 0 Å². The molecule has 0 unspecified atom stereocenters. The number of hydrogen-bond donors (Lipinski definition) is 0. The summed E-state index contributed by atoms with van der Waals surface area (Å²) in [5.41, 5.74) is 26.0. The van der Waals surface area contributed by atoms with Gasteiger partial charge >= 0.3 is 0 Å². The Morgan fingerprint density at radius 1 is 0.160 bits per heavy atom. The fourth-order valence-corrected chi connectivity index (χ4v) is 15.4. The highest BCUT2D eigenvalue weighted by Crippen LogP contribution is 2.56. The zero-order valence-electron chi connectivity index (χ0n) is 46.6. The van der Waals surface area contributed by atoms with Gasteiger partial charge in [0.25, 0.3) is 0 Å². The number of fused-ring (bicyclic) bond motifs is 21. The van der Waals surface area contributed by atoms with Crippen LogP contribution in [0.15, 0.2) is 243 Å². The van der Waals surface area contributed by atoms with Crippen molar-refractivity contribution in [2.24, 2.45) is 0 Å². The third kappa shape index (κ3) is 6.48. The van der Waals surface area contributed by atoms with E-state index < -0.39 is 0 Å². The molecule has 0 fully saturated rings. The smallest absolute Gasteiger partial charge is 0.0159 e. The zero-order valence-corrected chi connectivity index (χ0v) is 46.6. The maximum atomic E-state index is 2.51. The van der Waals surface area contributed by atoms with Crippen LogP contribution in [0.25, 0.3) is 143 Å². The van der Waals surface area contributed by atoms with Crippen molar-refractivity contribution in [3.63, 3.8) is 0 Å². The van der Waals surface area contributed by atoms with Crippen LogP contribution in [0.2, 0.25) is 0 Å². The second-order valence-corrected chi connectivity index (χ2v) is 25.1. The molecule has 81 heavy (non-hydrogen) atoms. The maximum absolute atomic E-state index is 2.51. The van der Waals surface area contributed by atoms with Crippen molar-refractivity contribution in [1.29, 1.82) is 0 Å². The van der Waals surface area contributed by atoms with Crippen LogP contribution < -0.4 is 0 Å². The fourth-order valence-electron chi connectivity index (χ4n) is 15.4. The van der Waals surface area contributed by atoms with Crippen molar-refractivity contribution < 1.29 is 0 Å². The molecule has 0 heterocycles. The Morgan fingerprint density at radius 3 is 0.617 bits per heavy atom. The summed E-state index contributed by atoms with van der Waals surface area (Å²) in [6.07, 6.45) is 0. The van der Waals surface area contributed by atoms with E-state index in [0.717, 1.165) is 0 Å². The first-order chi connectivity index (χ1) is 39.4. The largest absolute Gasteiger partial charge is 0.0616 e. The first-order valence-corrected chi connectivity index (χ1v) is 29.0. The van der Waals surface area contributed by atoms with E-state index in [-0.39, 0.29) is 16.2 Å². The van der Waals surface area contributed by atoms with Crippen LogP contribution in [0.5, 0.6) is 0 Å². The minimum absolute atomic E-state index is 0.133. The Bertz CT molecular complexity index is 5100. The molecule has 0 saturated heterocycles. The van der Waals surface area contributed by atoms with Gasteiger partial charge in [-0.2, -0.15) is 0 Å². The molecule has 0 saturated carbocycles. The molecule has 0 atom stereocenters. The Balaban J connectivity index is 0.638. The number of rotatable bonds is 4. The molecule has 3 aliphatic carbocycles. The van der Waals surface area contributed by atoms with Gasteiger partial charge in [-0.05, 0) is 224 Å². The first kappa shape index (κ1) is 46.5. The van der Waals surface area contributed by atoms with E-state index in [4.69, 9.17) is 0 Å². The molecule has 0 N–H and O–H groups in total. The van der Waals surface area contributed by atoms with Crippen molar-refractivity contribution in [3.05, 3.63) is 276 Å². The molecule has 0 amide bonds. The quantitative estimate of drug-likeness (QED) is 0.154. The number of benzene rings is 14. The summed E-state index contributed by atoms with van der Waals surface area (Å²) in [5.74, 6) is 0. The third-order valence-corrected chi connectivity index (χ3v) is 19.9. The lowest BCUT2D eigenvalue weighted by atomic mass is 9.79. The average molecular weight is 1030 g/mol. The molecule has 17 rings (SSSR count). The molecule has 0 nitrogen and oxygen atoms in total. The van der Waals surface area contributed by atoms with Gasteiger partial charge in [0, 0.05) is 16.2 Å². The molecule has 14 aromatic carbocycles. The highest BCUT2D eigenvalue weighted by molar-refractivity contribution is 6.27. The normalized spacial score (nSPS) is 14.8. The summed E-state index contributed by atoms with van der Waals surface area (Å²) in [6.45, 7) is 14.5. The maximum Gasteiger partial charge on any atom is 0.0159 e. The summed E-state index contributed by atoms with van der Waals surface area (Å²) in [7, 11) is 0. The lowest BCUT2D eigenvalue weighted by Gasteiger charge is -2.24. The highest BCUT2D eigenvalue weighted by Gasteiger charge is 2.39. The van der Waals surface area contributed by atoms with Gasteiger partial charge in [0.1, 0.15) is 0 Å². The molecule has 14 aromatic rings. The van der Waals surface area contributed by atoms with Gasteiger partial charge in [0.2, 0.25) is 0 Å². The molecule has 0 aliphatic heterocycles. The van der Waals surface area contributed by atoms with E-state index in [0.29, 0.717) is 0 Å². The average Bonchev–Trinajstić information content (AvgIpc) is 4.18. The second kappa shape index (κ2) is 16.4. The van der Waals surface area contributed by atoms with Crippen molar-refractivity contribution in [3.8, 4) is 77.9 Å². The van der Waals surface area contributed by atoms with Gasteiger partial charge in [-0.15, -0.1) is 0 Å². The van der Waals surface area contributed by atoms with E-state index >= 15 is 0 Å². The van der Waals surface area contributed by atoms with Crippen molar-refractivity contribution in [2.45, 2.75) is 57.8 Å². The van der Waals surface area contributed by atoms with Crippen LogP contribution in [0.3, 0.4) is 0 Å². The standard InChI is InChI=1S/C81H58/c1-79(2)73-39-51(31-35-63(73)64-36-33-53(41-74(64)79)54-34-38-66-72-44-68-60-20-12-8-16-56(60)58-18-10-14-22-62(58)70(68)46-78(72)81(5,6)76(66)42-54)49-27-23-47(24-28-49)48-25-29-50(30-26-48)52-32-37-65-71-43-67-59-19-11-7-15-55(59)57-17-9-13-21-61(57)69(67)45-77(71)80(3,4)75(65)40-52/h7-46H,1-6H3. The monoisotopic (exact) mass is 1030 g/mol. The molecule has 0 radical (unpaired) electrons. The van der Waals surface area contributed by atoms with Gasteiger partial charge in [-0.25, -0.2) is 0 Å². The summed E-state index contributed by atoms with van der Waals surface area (Å²) in [6, 6.07) is 92.7. The van der Waals surface area contributed by atoms with E-state index in [1.54, 1.807) is 0 Å². The van der Waals surface area contributed by atoms with Crippen LogP contribution in [0.1, 0.15) is 74.9 Å². The molecular formula is C81H58. The van der Waals surface area contributed by atoms with Gasteiger partial charge in [-0.1, -0.05) is 236 Å². The molecule has 3 aliphatic rings. The molecule has 0 spiro atoms. The predicted molar refractivity (Wildman–Crippen MR) is 346 cm³/mol.